The Morgan fingerprint density at radius 1 is 1.00 bits per heavy atom. The highest BCUT2D eigenvalue weighted by molar-refractivity contribution is 5.56. The molecule has 2 aromatic rings. The van der Waals surface area contributed by atoms with E-state index in [2.05, 4.69) is 60.3 Å². The Hall–Kier alpha value is -1.90. The van der Waals surface area contributed by atoms with Crippen LogP contribution in [0, 0.1) is 0 Å². The van der Waals surface area contributed by atoms with Crippen LogP contribution in [0.5, 0.6) is 0 Å². The summed E-state index contributed by atoms with van der Waals surface area (Å²) in [5, 5.41) is 3.23. The van der Waals surface area contributed by atoms with E-state index in [1.165, 1.54) is 11.9 Å². The van der Waals surface area contributed by atoms with Crippen molar-refractivity contribution in [1.82, 2.24) is 9.97 Å². The number of hydrogen-bond donors (Lipinski definition) is 1. The second kappa shape index (κ2) is 4.53. The summed E-state index contributed by atoms with van der Waals surface area (Å²) in [5.74, 6) is 0.809. The lowest BCUT2D eigenvalue weighted by Gasteiger charge is -2.19. The van der Waals surface area contributed by atoms with Gasteiger partial charge in [-0.15, -0.1) is 0 Å². The zero-order valence-electron chi connectivity index (χ0n) is 10.4. The van der Waals surface area contributed by atoms with Gasteiger partial charge in [-0.3, -0.25) is 0 Å². The Bertz CT molecular complexity index is 469. The fourth-order valence-corrected chi connectivity index (χ4v) is 1.57. The van der Waals surface area contributed by atoms with Crippen molar-refractivity contribution in [1.29, 1.82) is 0 Å². The fourth-order valence-electron chi connectivity index (χ4n) is 1.57. The second-order valence-electron chi connectivity index (χ2n) is 5.05. The molecule has 0 saturated heterocycles. The van der Waals surface area contributed by atoms with E-state index >= 15 is 0 Å². The maximum Gasteiger partial charge on any atom is 0.133 e. The third-order valence-corrected chi connectivity index (χ3v) is 2.61. The number of benzene rings is 1. The van der Waals surface area contributed by atoms with Gasteiger partial charge in [-0.2, -0.15) is 0 Å². The van der Waals surface area contributed by atoms with Crippen LogP contribution >= 0.6 is 0 Å². The molecule has 1 heterocycles. The topological polar surface area (TPSA) is 37.8 Å². The fraction of sp³-hybridized carbons (Fsp3) is 0.286. The third kappa shape index (κ3) is 3.03. The first kappa shape index (κ1) is 11.6. The van der Waals surface area contributed by atoms with Crippen LogP contribution in [0.1, 0.15) is 26.3 Å². The van der Waals surface area contributed by atoms with Gasteiger partial charge in [-0.25, -0.2) is 9.97 Å². The maximum atomic E-state index is 4.12. The average molecular weight is 227 g/mol. The molecule has 0 amide bonds. The standard InChI is InChI=1S/C14H17N3/c1-14(2,3)11-4-6-12(7-5-11)17-13-8-9-15-10-16-13/h4-10H,1-3H3,(H,15,16,17). The van der Waals surface area contributed by atoms with Crippen molar-refractivity contribution in [3.05, 3.63) is 48.4 Å². The van der Waals surface area contributed by atoms with E-state index in [4.69, 9.17) is 0 Å². The van der Waals surface area contributed by atoms with Crippen molar-refractivity contribution in [3.63, 3.8) is 0 Å². The van der Waals surface area contributed by atoms with E-state index in [0.29, 0.717) is 0 Å². The van der Waals surface area contributed by atoms with E-state index in [1.54, 1.807) is 6.20 Å². The molecule has 0 radical (unpaired) electrons. The van der Waals surface area contributed by atoms with E-state index in [1.807, 2.05) is 6.07 Å². The zero-order chi connectivity index (χ0) is 12.3. The maximum absolute atomic E-state index is 4.12. The molecule has 0 fully saturated rings. The predicted octanol–water partition coefficient (Wildman–Crippen LogP) is 3.52. The Labute approximate surface area is 102 Å². The molecule has 0 atom stereocenters. The minimum Gasteiger partial charge on any atom is -0.340 e. The summed E-state index contributed by atoms with van der Waals surface area (Å²) in [6.45, 7) is 6.62. The van der Waals surface area contributed by atoms with E-state index in [0.717, 1.165) is 11.5 Å². The van der Waals surface area contributed by atoms with Gasteiger partial charge >= 0.3 is 0 Å². The molecule has 88 valence electrons. The normalized spacial score (nSPS) is 11.2. The highest BCUT2D eigenvalue weighted by atomic mass is 15.0. The van der Waals surface area contributed by atoms with Crippen LogP contribution in [-0.2, 0) is 5.41 Å². The van der Waals surface area contributed by atoms with Crippen LogP contribution in [0.2, 0.25) is 0 Å². The molecule has 0 unspecified atom stereocenters. The van der Waals surface area contributed by atoms with Gasteiger partial charge in [-0.1, -0.05) is 32.9 Å². The predicted molar refractivity (Wildman–Crippen MR) is 70.5 cm³/mol. The summed E-state index contributed by atoms with van der Waals surface area (Å²) in [6.07, 6.45) is 3.25. The summed E-state index contributed by atoms with van der Waals surface area (Å²) >= 11 is 0. The molecule has 1 aromatic heterocycles. The van der Waals surface area contributed by atoms with Gasteiger partial charge in [0.1, 0.15) is 12.1 Å². The lowest BCUT2D eigenvalue weighted by molar-refractivity contribution is 0.590. The quantitative estimate of drug-likeness (QED) is 0.853. The summed E-state index contributed by atoms with van der Waals surface area (Å²) in [7, 11) is 0. The molecule has 2 rings (SSSR count). The van der Waals surface area contributed by atoms with Crippen LogP contribution in [0.3, 0.4) is 0 Å². The van der Waals surface area contributed by atoms with E-state index < -0.39 is 0 Å². The van der Waals surface area contributed by atoms with Crippen LogP contribution in [0.25, 0.3) is 0 Å². The molecule has 17 heavy (non-hydrogen) atoms. The largest absolute Gasteiger partial charge is 0.340 e. The first-order valence-corrected chi connectivity index (χ1v) is 5.69. The molecular weight excluding hydrogens is 210 g/mol. The first-order valence-electron chi connectivity index (χ1n) is 5.69. The Balaban J connectivity index is 2.14. The van der Waals surface area contributed by atoms with Crippen molar-refractivity contribution >= 4 is 11.5 Å². The second-order valence-corrected chi connectivity index (χ2v) is 5.05. The molecule has 3 nitrogen and oxygen atoms in total. The number of hydrogen-bond acceptors (Lipinski definition) is 3. The highest BCUT2D eigenvalue weighted by Gasteiger charge is 2.12. The highest BCUT2D eigenvalue weighted by Crippen LogP contribution is 2.24. The summed E-state index contributed by atoms with van der Waals surface area (Å²) in [5.41, 5.74) is 2.55. The zero-order valence-corrected chi connectivity index (χ0v) is 10.4. The number of anilines is 2. The van der Waals surface area contributed by atoms with Crippen molar-refractivity contribution in [2.24, 2.45) is 0 Å². The Morgan fingerprint density at radius 3 is 2.24 bits per heavy atom. The molecule has 0 aliphatic carbocycles. The van der Waals surface area contributed by atoms with Gasteiger partial charge < -0.3 is 5.32 Å². The van der Waals surface area contributed by atoms with Crippen molar-refractivity contribution in [2.45, 2.75) is 26.2 Å². The molecule has 0 aliphatic heterocycles. The molecule has 0 bridgehead atoms. The minimum absolute atomic E-state index is 0.188. The number of aromatic nitrogens is 2. The molecule has 3 heteroatoms. The smallest absolute Gasteiger partial charge is 0.133 e. The first-order chi connectivity index (χ1) is 8.05. The molecule has 0 spiro atoms. The monoisotopic (exact) mass is 227 g/mol. The SMILES string of the molecule is CC(C)(C)c1ccc(Nc2ccncn2)cc1. The van der Waals surface area contributed by atoms with Crippen LogP contribution in [0.15, 0.2) is 42.9 Å². The van der Waals surface area contributed by atoms with Crippen molar-refractivity contribution < 1.29 is 0 Å². The van der Waals surface area contributed by atoms with Gasteiger partial charge in [0.2, 0.25) is 0 Å². The summed E-state index contributed by atoms with van der Waals surface area (Å²) < 4.78 is 0. The summed E-state index contributed by atoms with van der Waals surface area (Å²) in [6, 6.07) is 10.3. The minimum atomic E-state index is 0.188. The van der Waals surface area contributed by atoms with Crippen LogP contribution in [0.4, 0.5) is 11.5 Å². The van der Waals surface area contributed by atoms with Gasteiger partial charge in [0.15, 0.2) is 0 Å². The lowest BCUT2D eigenvalue weighted by atomic mass is 9.87. The Morgan fingerprint density at radius 2 is 1.71 bits per heavy atom. The number of rotatable bonds is 2. The van der Waals surface area contributed by atoms with Gasteiger partial charge in [-0.05, 0) is 29.2 Å². The molecule has 1 aromatic carbocycles. The van der Waals surface area contributed by atoms with Crippen molar-refractivity contribution in [2.75, 3.05) is 5.32 Å². The van der Waals surface area contributed by atoms with E-state index in [9.17, 15) is 0 Å². The summed E-state index contributed by atoms with van der Waals surface area (Å²) in [4.78, 5) is 8.01. The van der Waals surface area contributed by atoms with Crippen LogP contribution in [-0.4, -0.2) is 9.97 Å². The van der Waals surface area contributed by atoms with Gasteiger partial charge in [0.05, 0.1) is 0 Å². The molecule has 0 saturated carbocycles. The molecule has 0 aliphatic rings. The number of nitrogens with zero attached hydrogens (tertiary/aromatic N) is 2. The van der Waals surface area contributed by atoms with Crippen LogP contribution < -0.4 is 5.32 Å². The van der Waals surface area contributed by atoms with E-state index in [-0.39, 0.29) is 5.41 Å². The lowest BCUT2D eigenvalue weighted by Crippen LogP contribution is -2.10. The third-order valence-electron chi connectivity index (χ3n) is 2.61. The Kier molecular flexibility index (Phi) is 3.09. The van der Waals surface area contributed by atoms with Gasteiger partial charge in [0, 0.05) is 11.9 Å². The average Bonchev–Trinajstić information content (AvgIpc) is 2.30. The number of nitrogens with one attached hydrogen (secondary N) is 1. The molecule has 1 N–H and O–H groups in total. The molecular formula is C14H17N3. The van der Waals surface area contributed by atoms with Crippen molar-refractivity contribution in [3.8, 4) is 0 Å². The van der Waals surface area contributed by atoms with Gasteiger partial charge in [0.25, 0.3) is 0 Å².